The second kappa shape index (κ2) is 8.88. The Kier molecular flexibility index (Phi) is 6.11. The number of aromatic nitrogens is 1. The molecule has 0 bridgehead atoms. The molecule has 2 aromatic carbocycles. The quantitative estimate of drug-likeness (QED) is 0.173. The lowest BCUT2D eigenvalue weighted by Crippen LogP contribution is -2.29. The Morgan fingerprint density at radius 3 is 2.56 bits per heavy atom. The predicted octanol–water partition coefficient (Wildman–Crippen LogP) is 4.96. The van der Waals surface area contributed by atoms with Crippen molar-refractivity contribution in [2.45, 2.75) is 19.9 Å². The first-order valence-electron chi connectivity index (χ1n) is 9.97. The van der Waals surface area contributed by atoms with Crippen LogP contribution in [0, 0.1) is 24.0 Å². The third-order valence-corrected chi connectivity index (χ3v) is 6.86. The summed E-state index contributed by atoms with van der Waals surface area (Å²) in [7, 11) is 1.44. The molecule has 1 fully saturated rings. The fourth-order valence-corrected chi connectivity index (χ4v) is 4.88. The number of aryl methyl sites for hydroxylation is 2. The lowest BCUT2D eigenvalue weighted by atomic mass is 9.95. The number of nitrogens with zero attached hydrogens (tertiary/aromatic N) is 3. The Labute approximate surface area is 203 Å². The zero-order valence-electron chi connectivity index (χ0n) is 18.2. The van der Waals surface area contributed by atoms with Gasteiger partial charge in [-0.3, -0.25) is 24.6 Å². The number of aliphatic hydroxyl groups is 1. The number of nitro groups is 1. The molecule has 9 nitrogen and oxygen atoms in total. The number of nitro benzene ring substituents is 1. The molecular formula is C23H18ClN3O6S. The van der Waals surface area contributed by atoms with Crippen LogP contribution in [-0.4, -0.2) is 33.8 Å². The first-order chi connectivity index (χ1) is 16.1. The normalized spacial score (nSPS) is 17.3. The lowest BCUT2D eigenvalue weighted by molar-refractivity contribution is -0.384. The van der Waals surface area contributed by atoms with E-state index in [1.54, 1.807) is 13.0 Å². The number of non-ortho nitro benzene ring substituents is 1. The van der Waals surface area contributed by atoms with Crippen molar-refractivity contribution in [3.63, 3.8) is 0 Å². The van der Waals surface area contributed by atoms with Gasteiger partial charge in [0.2, 0.25) is 0 Å². The maximum absolute atomic E-state index is 13.2. The van der Waals surface area contributed by atoms with Gasteiger partial charge in [-0.1, -0.05) is 23.7 Å². The van der Waals surface area contributed by atoms with E-state index in [0.29, 0.717) is 11.4 Å². The molecule has 1 amide bonds. The van der Waals surface area contributed by atoms with Gasteiger partial charge in [0.25, 0.3) is 11.5 Å². The van der Waals surface area contributed by atoms with Crippen LogP contribution in [0.2, 0.25) is 5.02 Å². The number of ketones is 1. The van der Waals surface area contributed by atoms with E-state index in [0.717, 1.165) is 4.88 Å². The van der Waals surface area contributed by atoms with E-state index in [1.165, 1.54) is 59.7 Å². The minimum Gasteiger partial charge on any atom is -0.507 e. The Hall–Kier alpha value is -3.76. The zero-order chi connectivity index (χ0) is 24.7. The van der Waals surface area contributed by atoms with E-state index in [9.17, 15) is 24.8 Å². The van der Waals surface area contributed by atoms with Crippen molar-refractivity contribution in [2.75, 3.05) is 12.0 Å². The number of aliphatic hydroxyl groups excluding tert-OH is 1. The largest absolute Gasteiger partial charge is 0.507 e. The molecule has 3 aromatic rings. The standard InChI is InChI=1S/C23H18ClN3O6S/c1-11-12(2)34-23(25-11)26-19(13-5-4-6-15(9-13)27(31)32)18(21(29)22(26)30)20(28)14-7-8-17(33-3)16(24)10-14/h4-10,19,28H,1-3H3/b20-18+/t19-/m0/s1. The van der Waals surface area contributed by atoms with Gasteiger partial charge in [-0.15, -0.1) is 11.3 Å². The molecule has 4 rings (SSSR count). The van der Waals surface area contributed by atoms with E-state index in [-0.39, 0.29) is 32.5 Å². The Balaban J connectivity index is 1.97. The van der Waals surface area contributed by atoms with Crippen LogP contribution in [0.25, 0.3) is 5.76 Å². The molecular weight excluding hydrogens is 482 g/mol. The maximum Gasteiger partial charge on any atom is 0.301 e. The molecule has 0 unspecified atom stereocenters. The minimum atomic E-state index is -1.13. The van der Waals surface area contributed by atoms with Gasteiger partial charge in [-0.05, 0) is 37.6 Å². The number of Topliss-reactive ketones (excluding diaryl/α,β-unsaturated/α-hetero) is 1. The van der Waals surface area contributed by atoms with E-state index in [2.05, 4.69) is 4.98 Å². The Bertz CT molecular complexity index is 1360. The first-order valence-corrected chi connectivity index (χ1v) is 11.2. The zero-order valence-corrected chi connectivity index (χ0v) is 19.8. The molecule has 0 saturated carbocycles. The molecule has 1 aliphatic heterocycles. The number of hydrogen-bond donors (Lipinski definition) is 1. The van der Waals surface area contributed by atoms with Crippen LogP contribution in [-0.2, 0) is 9.59 Å². The van der Waals surface area contributed by atoms with Crippen LogP contribution in [0.1, 0.15) is 27.7 Å². The molecule has 34 heavy (non-hydrogen) atoms. The van der Waals surface area contributed by atoms with Crippen molar-refractivity contribution < 1.29 is 24.4 Å². The third kappa shape index (κ3) is 3.91. The number of thiazole rings is 1. The van der Waals surface area contributed by atoms with Crippen LogP contribution in [0.3, 0.4) is 0 Å². The van der Waals surface area contributed by atoms with Crippen molar-refractivity contribution in [1.29, 1.82) is 0 Å². The maximum atomic E-state index is 13.2. The SMILES string of the molecule is COc1ccc(/C(O)=C2\C(=O)C(=O)N(c3nc(C)c(C)s3)[C@H]2c2cccc([N+](=O)[O-])c2)cc1Cl. The summed E-state index contributed by atoms with van der Waals surface area (Å²) in [6, 6.07) is 8.87. The summed E-state index contributed by atoms with van der Waals surface area (Å²) >= 11 is 7.40. The summed E-state index contributed by atoms with van der Waals surface area (Å²) in [6.45, 7) is 3.60. The first kappa shape index (κ1) is 23.4. The Morgan fingerprint density at radius 1 is 1.24 bits per heavy atom. The number of methoxy groups -OCH3 is 1. The molecule has 1 aromatic heterocycles. The second-order valence-corrected chi connectivity index (χ2v) is 9.10. The number of amides is 1. The van der Waals surface area contributed by atoms with Crippen molar-refractivity contribution in [3.05, 3.63) is 84.9 Å². The highest BCUT2D eigenvalue weighted by Gasteiger charge is 2.48. The number of hydrogen-bond acceptors (Lipinski definition) is 8. The van der Waals surface area contributed by atoms with Crippen molar-refractivity contribution in [1.82, 2.24) is 4.98 Å². The number of carbonyl (C=O) groups is 2. The van der Waals surface area contributed by atoms with Crippen molar-refractivity contribution in [2.24, 2.45) is 0 Å². The highest BCUT2D eigenvalue weighted by Crippen LogP contribution is 2.44. The van der Waals surface area contributed by atoms with Crippen LogP contribution >= 0.6 is 22.9 Å². The number of halogens is 1. The third-order valence-electron chi connectivity index (χ3n) is 5.49. The second-order valence-electron chi connectivity index (χ2n) is 7.51. The summed E-state index contributed by atoms with van der Waals surface area (Å²) in [5, 5.41) is 23.0. The Morgan fingerprint density at radius 2 is 1.97 bits per heavy atom. The van der Waals surface area contributed by atoms with Crippen molar-refractivity contribution in [3.8, 4) is 5.75 Å². The summed E-state index contributed by atoms with van der Waals surface area (Å²) in [5.74, 6) is -1.94. The smallest absolute Gasteiger partial charge is 0.301 e. The topological polar surface area (TPSA) is 123 Å². The number of anilines is 1. The van der Waals surface area contributed by atoms with Crippen LogP contribution < -0.4 is 9.64 Å². The van der Waals surface area contributed by atoms with E-state index in [4.69, 9.17) is 16.3 Å². The van der Waals surface area contributed by atoms with E-state index in [1.807, 2.05) is 6.92 Å². The highest BCUT2D eigenvalue weighted by molar-refractivity contribution is 7.16. The highest BCUT2D eigenvalue weighted by atomic mass is 35.5. The van der Waals surface area contributed by atoms with Crippen LogP contribution in [0.5, 0.6) is 5.75 Å². The summed E-state index contributed by atoms with van der Waals surface area (Å²) in [5.41, 5.74) is 0.701. The van der Waals surface area contributed by atoms with Crippen molar-refractivity contribution >= 4 is 51.2 Å². The molecule has 11 heteroatoms. The molecule has 1 aliphatic rings. The number of benzene rings is 2. The lowest BCUT2D eigenvalue weighted by Gasteiger charge is -2.23. The number of ether oxygens (including phenoxy) is 1. The molecule has 0 aliphatic carbocycles. The summed E-state index contributed by atoms with van der Waals surface area (Å²) in [4.78, 5) is 43.6. The molecule has 174 valence electrons. The molecule has 0 radical (unpaired) electrons. The summed E-state index contributed by atoms with van der Waals surface area (Å²) in [6.07, 6.45) is 0. The predicted molar refractivity (Wildman–Crippen MR) is 127 cm³/mol. The summed E-state index contributed by atoms with van der Waals surface area (Å²) < 4.78 is 5.13. The average molecular weight is 500 g/mol. The van der Waals surface area contributed by atoms with Gasteiger partial charge >= 0.3 is 5.91 Å². The van der Waals surface area contributed by atoms with Gasteiger partial charge in [0.1, 0.15) is 11.5 Å². The monoisotopic (exact) mass is 499 g/mol. The van der Waals surface area contributed by atoms with E-state index < -0.39 is 28.4 Å². The van der Waals surface area contributed by atoms with Gasteiger partial charge < -0.3 is 9.84 Å². The van der Waals surface area contributed by atoms with Crippen LogP contribution in [0.4, 0.5) is 10.8 Å². The molecule has 1 saturated heterocycles. The number of carbonyl (C=O) groups excluding carboxylic acids is 2. The van der Waals surface area contributed by atoms with Gasteiger partial charge in [0.05, 0.1) is 34.4 Å². The minimum absolute atomic E-state index is 0.186. The number of rotatable bonds is 5. The molecule has 0 spiro atoms. The fourth-order valence-electron chi connectivity index (χ4n) is 3.68. The molecule has 1 N–H and O–H groups in total. The fraction of sp³-hybridized carbons (Fsp3) is 0.174. The van der Waals surface area contributed by atoms with E-state index >= 15 is 0 Å². The van der Waals surface area contributed by atoms with Gasteiger partial charge in [-0.25, -0.2) is 4.98 Å². The molecule has 1 atom stereocenters. The molecule has 2 heterocycles. The average Bonchev–Trinajstić information content (AvgIpc) is 3.28. The van der Waals surface area contributed by atoms with Gasteiger partial charge in [-0.2, -0.15) is 0 Å². The van der Waals surface area contributed by atoms with Gasteiger partial charge in [0.15, 0.2) is 5.13 Å². The van der Waals surface area contributed by atoms with Crippen LogP contribution in [0.15, 0.2) is 48.0 Å². The van der Waals surface area contributed by atoms with Gasteiger partial charge in [0, 0.05) is 22.6 Å².